The summed E-state index contributed by atoms with van der Waals surface area (Å²) in [6.45, 7) is 3.72. The van der Waals surface area contributed by atoms with Crippen LogP contribution in [-0.2, 0) is 6.54 Å². The summed E-state index contributed by atoms with van der Waals surface area (Å²) in [4.78, 5) is 20.5. The molecule has 0 saturated carbocycles. The van der Waals surface area contributed by atoms with Gasteiger partial charge in [-0.1, -0.05) is 0 Å². The van der Waals surface area contributed by atoms with Crippen LogP contribution in [0.3, 0.4) is 0 Å². The smallest absolute Gasteiger partial charge is 0.437 e. The summed E-state index contributed by atoms with van der Waals surface area (Å²) in [5, 5.41) is 4.75. The minimum absolute atomic E-state index is 0.00196. The molecule has 0 amide bonds. The second-order valence-electron chi connectivity index (χ2n) is 5.30. The lowest BCUT2D eigenvalue weighted by atomic mass is 10.2. The summed E-state index contributed by atoms with van der Waals surface area (Å²) in [6, 6.07) is 3.32. The maximum absolute atomic E-state index is 11.9. The maximum atomic E-state index is 11.9. The largest absolute Gasteiger partial charge is 0.459 e. The third-order valence-electron chi connectivity index (χ3n) is 3.73. The predicted octanol–water partition coefficient (Wildman–Crippen LogP) is 1.88. The fraction of sp³-hybridized carbons (Fsp3) is 0.200. The average molecular weight is 327 g/mol. The molecule has 0 radical (unpaired) electrons. The number of nitrogens with two attached hydrogens (primary N) is 1. The van der Waals surface area contributed by atoms with Crippen LogP contribution in [0.25, 0.3) is 22.8 Å². The van der Waals surface area contributed by atoms with Crippen molar-refractivity contribution in [3.05, 3.63) is 46.1 Å². The number of aromatic nitrogens is 4. The van der Waals surface area contributed by atoms with E-state index in [0.29, 0.717) is 28.5 Å². The fourth-order valence-electron chi connectivity index (χ4n) is 2.44. The third-order valence-corrected chi connectivity index (χ3v) is 3.73. The standard InChI is InChI=1S/C15H13N5O4/c1-7-8(2)23-14-11(7)12(16)17-10(18-14)6-20-15(21)24-13(19-20)9-4-3-5-22-9/h3-5H,6H2,1-2H3,(H2,16,17,18). The van der Waals surface area contributed by atoms with Crippen molar-refractivity contribution in [3.63, 3.8) is 0 Å². The van der Waals surface area contributed by atoms with Crippen molar-refractivity contribution in [1.82, 2.24) is 19.7 Å². The molecular weight excluding hydrogens is 314 g/mol. The van der Waals surface area contributed by atoms with Gasteiger partial charge in [0, 0.05) is 5.56 Å². The van der Waals surface area contributed by atoms with Crippen LogP contribution in [0.4, 0.5) is 5.82 Å². The van der Waals surface area contributed by atoms with Crippen LogP contribution in [0.2, 0.25) is 0 Å². The van der Waals surface area contributed by atoms with Gasteiger partial charge in [-0.25, -0.2) is 9.78 Å². The molecule has 122 valence electrons. The number of furan rings is 2. The van der Waals surface area contributed by atoms with Crippen molar-refractivity contribution in [3.8, 4) is 11.7 Å². The highest BCUT2D eigenvalue weighted by Crippen LogP contribution is 2.27. The summed E-state index contributed by atoms with van der Waals surface area (Å²) >= 11 is 0. The van der Waals surface area contributed by atoms with E-state index in [1.54, 1.807) is 12.1 Å². The second kappa shape index (κ2) is 5.08. The van der Waals surface area contributed by atoms with Crippen molar-refractivity contribution < 1.29 is 13.3 Å². The summed E-state index contributed by atoms with van der Waals surface area (Å²) in [5.74, 6) is 1.13. The topological polar surface area (TPSA) is 126 Å². The Morgan fingerprint density at radius 1 is 1.25 bits per heavy atom. The minimum atomic E-state index is -0.643. The molecule has 9 heteroatoms. The van der Waals surface area contributed by atoms with Gasteiger partial charge in [0.1, 0.15) is 18.1 Å². The van der Waals surface area contributed by atoms with Crippen molar-refractivity contribution in [1.29, 1.82) is 0 Å². The van der Waals surface area contributed by atoms with E-state index in [4.69, 9.17) is 19.0 Å². The zero-order chi connectivity index (χ0) is 16.8. The zero-order valence-corrected chi connectivity index (χ0v) is 12.9. The summed E-state index contributed by atoms with van der Waals surface area (Å²) in [6.07, 6.45) is 1.47. The molecule has 9 nitrogen and oxygen atoms in total. The van der Waals surface area contributed by atoms with E-state index in [9.17, 15) is 4.79 Å². The Hall–Kier alpha value is -3.36. The number of anilines is 1. The highest BCUT2D eigenvalue weighted by Gasteiger charge is 2.17. The quantitative estimate of drug-likeness (QED) is 0.604. The molecule has 0 bridgehead atoms. The fourth-order valence-corrected chi connectivity index (χ4v) is 2.44. The number of nitrogen functional groups attached to an aromatic ring is 1. The Labute approximate surface area is 134 Å². The van der Waals surface area contributed by atoms with E-state index < -0.39 is 5.76 Å². The van der Waals surface area contributed by atoms with E-state index in [2.05, 4.69) is 15.1 Å². The van der Waals surface area contributed by atoms with Crippen molar-refractivity contribution in [2.24, 2.45) is 0 Å². The highest BCUT2D eigenvalue weighted by molar-refractivity contribution is 5.88. The normalized spacial score (nSPS) is 11.4. The molecule has 0 unspecified atom stereocenters. The molecule has 4 heterocycles. The van der Waals surface area contributed by atoms with Crippen LogP contribution in [0.15, 0.2) is 36.4 Å². The number of aryl methyl sites for hydroxylation is 2. The number of hydrogen-bond acceptors (Lipinski definition) is 8. The second-order valence-corrected chi connectivity index (χ2v) is 5.30. The van der Waals surface area contributed by atoms with Gasteiger partial charge in [-0.05, 0) is 26.0 Å². The number of hydrogen-bond donors (Lipinski definition) is 1. The van der Waals surface area contributed by atoms with Gasteiger partial charge in [0.15, 0.2) is 11.6 Å². The molecule has 2 N–H and O–H groups in total. The van der Waals surface area contributed by atoms with Gasteiger partial charge in [-0.3, -0.25) is 0 Å². The van der Waals surface area contributed by atoms with Gasteiger partial charge in [0.05, 0.1) is 11.6 Å². The molecule has 4 rings (SSSR count). The molecule has 4 aromatic heterocycles. The Morgan fingerprint density at radius 3 is 2.83 bits per heavy atom. The monoisotopic (exact) mass is 327 g/mol. The minimum Gasteiger partial charge on any atom is -0.459 e. The van der Waals surface area contributed by atoms with Gasteiger partial charge in [-0.15, -0.1) is 5.10 Å². The molecule has 0 aliphatic carbocycles. The highest BCUT2D eigenvalue weighted by atomic mass is 16.4. The summed E-state index contributed by atoms with van der Waals surface area (Å²) in [5.41, 5.74) is 7.27. The predicted molar refractivity (Wildman–Crippen MR) is 83.3 cm³/mol. The van der Waals surface area contributed by atoms with Crippen LogP contribution >= 0.6 is 0 Å². The van der Waals surface area contributed by atoms with Crippen LogP contribution in [-0.4, -0.2) is 19.7 Å². The Morgan fingerprint density at radius 2 is 2.08 bits per heavy atom. The maximum Gasteiger partial charge on any atom is 0.437 e. The van der Waals surface area contributed by atoms with Crippen LogP contribution in [0.1, 0.15) is 17.1 Å². The first-order chi connectivity index (χ1) is 11.5. The number of fused-ring (bicyclic) bond motifs is 1. The third kappa shape index (κ3) is 2.18. The van der Waals surface area contributed by atoms with Crippen LogP contribution in [0.5, 0.6) is 0 Å². The lowest BCUT2D eigenvalue weighted by Gasteiger charge is -2.01. The first-order valence-electron chi connectivity index (χ1n) is 7.17. The summed E-state index contributed by atoms with van der Waals surface area (Å²) < 4.78 is 16.9. The van der Waals surface area contributed by atoms with Gasteiger partial charge >= 0.3 is 5.76 Å². The molecule has 0 atom stereocenters. The van der Waals surface area contributed by atoms with Gasteiger partial charge in [0.25, 0.3) is 5.89 Å². The van der Waals surface area contributed by atoms with Crippen molar-refractivity contribution >= 4 is 16.9 Å². The van der Waals surface area contributed by atoms with E-state index in [1.165, 1.54) is 6.26 Å². The molecule has 0 aliphatic heterocycles. The van der Waals surface area contributed by atoms with Crippen LogP contribution in [0, 0.1) is 13.8 Å². The molecule has 4 aromatic rings. The Bertz CT molecular complexity index is 1090. The number of rotatable bonds is 3. The SMILES string of the molecule is Cc1oc2nc(Cn3nc(-c4ccco4)oc3=O)nc(N)c2c1C. The van der Waals surface area contributed by atoms with Gasteiger partial charge in [0.2, 0.25) is 5.71 Å². The zero-order valence-electron chi connectivity index (χ0n) is 12.9. The lowest BCUT2D eigenvalue weighted by molar-refractivity contribution is 0.474. The lowest BCUT2D eigenvalue weighted by Crippen LogP contribution is -2.18. The molecule has 0 fully saturated rings. The average Bonchev–Trinajstić information content (AvgIpc) is 3.22. The summed E-state index contributed by atoms with van der Waals surface area (Å²) in [7, 11) is 0. The van der Waals surface area contributed by atoms with Gasteiger partial charge in [-0.2, -0.15) is 9.67 Å². The first kappa shape index (κ1) is 14.2. The van der Waals surface area contributed by atoms with Crippen molar-refractivity contribution in [2.75, 3.05) is 5.73 Å². The molecule has 24 heavy (non-hydrogen) atoms. The van der Waals surface area contributed by atoms with E-state index in [1.807, 2.05) is 13.8 Å². The van der Waals surface area contributed by atoms with E-state index in [0.717, 1.165) is 16.0 Å². The molecule has 0 aliphatic rings. The molecular formula is C15H13N5O4. The van der Waals surface area contributed by atoms with E-state index >= 15 is 0 Å². The van der Waals surface area contributed by atoms with Crippen molar-refractivity contribution in [2.45, 2.75) is 20.4 Å². The molecule has 0 spiro atoms. The molecule has 0 aromatic carbocycles. The molecule has 0 saturated heterocycles. The Kier molecular flexibility index (Phi) is 3.02. The first-order valence-corrected chi connectivity index (χ1v) is 7.17. The Balaban J connectivity index is 1.73. The van der Waals surface area contributed by atoms with E-state index in [-0.39, 0.29) is 12.4 Å². The number of nitrogens with zero attached hydrogens (tertiary/aromatic N) is 4. The van der Waals surface area contributed by atoms with Gasteiger partial charge < -0.3 is 19.0 Å². The van der Waals surface area contributed by atoms with Crippen LogP contribution < -0.4 is 11.5 Å².